The van der Waals surface area contributed by atoms with Crippen molar-refractivity contribution < 1.29 is 4.52 Å². The molecule has 0 aromatic carbocycles. The van der Waals surface area contributed by atoms with Crippen LogP contribution in [0.15, 0.2) is 50.9 Å². The van der Waals surface area contributed by atoms with Gasteiger partial charge in [-0.25, -0.2) is 4.98 Å². The Hall–Kier alpha value is -4.05. The van der Waals surface area contributed by atoms with Gasteiger partial charge < -0.3 is 14.4 Å². The van der Waals surface area contributed by atoms with Crippen molar-refractivity contribution in [2.45, 2.75) is 46.0 Å². The number of nitrogens with zero attached hydrogens (tertiary/aromatic N) is 5. The predicted molar refractivity (Wildman–Crippen MR) is 144 cm³/mol. The average Bonchev–Trinajstić information content (AvgIpc) is 3.50. The van der Waals surface area contributed by atoms with Gasteiger partial charge in [0.25, 0.3) is 11.1 Å². The van der Waals surface area contributed by atoms with Gasteiger partial charge in [-0.3, -0.25) is 9.59 Å². The van der Waals surface area contributed by atoms with Crippen LogP contribution < -0.4 is 16.4 Å². The number of hydrogen-bond donors (Lipinski definition) is 1. The van der Waals surface area contributed by atoms with Gasteiger partial charge in [0.05, 0.1) is 6.20 Å². The second-order valence-corrected chi connectivity index (χ2v) is 10.4. The molecular formula is C27H26N6O3S. The van der Waals surface area contributed by atoms with Crippen molar-refractivity contribution in [3.8, 4) is 16.9 Å². The van der Waals surface area contributed by atoms with E-state index in [9.17, 15) is 9.59 Å². The number of fused-ring (bicyclic) bond motifs is 3. The smallest absolute Gasteiger partial charge is 0.290 e. The molecule has 5 aromatic heterocycles. The summed E-state index contributed by atoms with van der Waals surface area (Å²) in [6, 6.07) is 5.42. The van der Waals surface area contributed by atoms with Crippen molar-refractivity contribution in [1.82, 2.24) is 24.5 Å². The molecule has 6 rings (SSSR count). The SMILES string of the molecule is CCc1c(-c2cc(Nc3cc(C)on3)c(=O)n(C)c2)ccnc1-n1ncc2c3c(sc2c1=O)CCCC3. The van der Waals surface area contributed by atoms with Crippen molar-refractivity contribution >= 4 is 32.9 Å². The Balaban J connectivity index is 1.48. The van der Waals surface area contributed by atoms with Crippen LogP contribution in [-0.4, -0.2) is 24.5 Å². The second-order valence-electron chi connectivity index (χ2n) is 9.34. The van der Waals surface area contributed by atoms with E-state index < -0.39 is 0 Å². The Morgan fingerprint density at radius 1 is 1.16 bits per heavy atom. The summed E-state index contributed by atoms with van der Waals surface area (Å²) in [5, 5.41) is 12.6. The topological polar surface area (TPSA) is 108 Å². The van der Waals surface area contributed by atoms with Crippen LogP contribution in [0, 0.1) is 6.92 Å². The van der Waals surface area contributed by atoms with E-state index in [1.165, 1.54) is 19.7 Å². The number of thiophene rings is 1. The molecule has 0 saturated carbocycles. The molecule has 0 spiro atoms. The summed E-state index contributed by atoms with van der Waals surface area (Å²) >= 11 is 1.60. The zero-order valence-electron chi connectivity index (χ0n) is 20.9. The molecule has 188 valence electrons. The van der Waals surface area contributed by atoms with Gasteiger partial charge >= 0.3 is 0 Å². The van der Waals surface area contributed by atoms with Crippen LogP contribution in [0.1, 0.15) is 41.5 Å². The average molecular weight is 515 g/mol. The lowest BCUT2D eigenvalue weighted by Crippen LogP contribution is -2.23. The van der Waals surface area contributed by atoms with Crippen molar-refractivity contribution in [2.24, 2.45) is 7.05 Å². The fourth-order valence-corrected chi connectivity index (χ4v) is 6.38. The van der Waals surface area contributed by atoms with Crippen molar-refractivity contribution in [1.29, 1.82) is 0 Å². The summed E-state index contributed by atoms with van der Waals surface area (Å²) in [5.74, 6) is 1.61. The van der Waals surface area contributed by atoms with Crippen LogP contribution in [0.4, 0.5) is 11.5 Å². The Bertz CT molecular complexity index is 1780. The van der Waals surface area contributed by atoms with Crippen LogP contribution in [0.2, 0.25) is 0 Å². The van der Waals surface area contributed by atoms with Gasteiger partial charge in [0.2, 0.25) is 0 Å². The molecule has 0 unspecified atom stereocenters. The molecule has 0 bridgehead atoms. The van der Waals surface area contributed by atoms with Gasteiger partial charge in [-0.15, -0.1) is 11.3 Å². The van der Waals surface area contributed by atoms with Crippen LogP contribution in [0.3, 0.4) is 0 Å². The van der Waals surface area contributed by atoms with Crippen LogP contribution in [-0.2, 0) is 26.3 Å². The summed E-state index contributed by atoms with van der Waals surface area (Å²) in [4.78, 5) is 32.3. The molecule has 0 saturated heterocycles. The number of hydrogen-bond acceptors (Lipinski definition) is 8. The van der Waals surface area contributed by atoms with Gasteiger partial charge in [0.15, 0.2) is 11.6 Å². The maximum atomic E-state index is 13.6. The summed E-state index contributed by atoms with van der Waals surface area (Å²) in [6.45, 7) is 3.81. The summed E-state index contributed by atoms with van der Waals surface area (Å²) in [7, 11) is 1.71. The molecule has 0 aliphatic heterocycles. The molecule has 1 aliphatic rings. The van der Waals surface area contributed by atoms with Gasteiger partial charge in [0, 0.05) is 46.9 Å². The lowest BCUT2D eigenvalue weighted by atomic mass is 9.97. The predicted octanol–water partition coefficient (Wildman–Crippen LogP) is 4.69. The fraction of sp³-hybridized carbons (Fsp3) is 0.296. The third-order valence-corrected chi connectivity index (χ3v) is 8.17. The summed E-state index contributed by atoms with van der Waals surface area (Å²) in [5.41, 5.74) is 3.89. The first-order valence-corrected chi connectivity index (χ1v) is 13.2. The monoisotopic (exact) mass is 514 g/mol. The Kier molecular flexibility index (Phi) is 5.75. The van der Waals surface area contributed by atoms with Gasteiger partial charge in [-0.2, -0.15) is 9.78 Å². The highest BCUT2D eigenvalue weighted by Crippen LogP contribution is 2.35. The number of rotatable bonds is 5. The number of anilines is 2. The molecule has 5 heterocycles. The molecule has 1 aliphatic carbocycles. The third kappa shape index (κ3) is 3.97. The highest BCUT2D eigenvalue weighted by molar-refractivity contribution is 7.19. The zero-order valence-corrected chi connectivity index (χ0v) is 21.7. The lowest BCUT2D eigenvalue weighted by molar-refractivity contribution is 0.400. The molecule has 5 aromatic rings. The highest BCUT2D eigenvalue weighted by atomic mass is 32.1. The van der Waals surface area contributed by atoms with Crippen LogP contribution in [0.5, 0.6) is 0 Å². The summed E-state index contributed by atoms with van der Waals surface area (Å²) in [6.07, 6.45) is 10.3. The summed E-state index contributed by atoms with van der Waals surface area (Å²) < 4.78 is 8.81. The number of aryl methyl sites for hydroxylation is 4. The van der Waals surface area contributed by atoms with Crippen molar-refractivity contribution in [2.75, 3.05) is 5.32 Å². The quantitative estimate of drug-likeness (QED) is 0.363. The maximum Gasteiger partial charge on any atom is 0.290 e. The molecule has 0 amide bonds. The van der Waals surface area contributed by atoms with E-state index in [0.717, 1.165) is 52.5 Å². The van der Waals surface area contributed by atoms with E-state index in [0.29, 0.717) is 29.5 Å². The molecule has 37 heavy (non-hydrogen) atoms. The molecule has 9 nitrogen and oxygen atoms in total. The lowest BCUT2D eigenvalue weighted by Gasteiger charge is -2.15. The first kappa shape index (κ1) is 23.4. The highest BCUT2D eigenvalue weighted by Gasteiger charge is 2.21. The van der Waals surface area contributed by atoms with Gasteiger partial charge in [-0.05, 0) is 62.3 Å². The standard InChI is InChI=1S/C27H26N6O3S/c1-4-17-18(16-12-21(26(34)32(3)14-16)30-23-11-15(2)36-31-23)9-10-28-25(17)33-27(35)24-20(13-29-33)19-7-5-6-8-22(19)37-24/h9-14H,4-8H2,1-3H3,(H,30,31). The Morgan fingerprint density at radius 3 is 2.78 bits per heavy atom. The molecule has 0 radical (unpaired) electrons. The molecule has 10 heteroatoms. The van der Waals surface area contributed by atoms with Gasteiger partial charge in [0.1, 0.15) is 16.1 Å². The molecule has 0 fully saturated rings. The molecular weight excluding hydrogens is 488 g/mol. The first-order valence-electron chi connectivity index (χ1n) is 12.4. The minimum absolute atomic E-state index is 0.138. The Labute approximate surface area is 216 Å². The van der Waals surface area contributed by atoms with Crippen LogP contribution in [0.25, 0.3) is 27.0 Å². The third-order valence-electron chi connectivity index (χ3n) is 6.87. The zero-order chi connectivity index (χ0) is 25.7. The van der Waals surface area contributed by atoms with Crippen molar-refractivity contribution in [3.05, 3.63) is 79.3 Å². The Morgan fingerprint density at radius 2 is 2.00 bits per heavy atom. The van der Waals surface area contributed by atoms with E-state index >= 15 is 0 Å². The fourth-order valence-electron chi connectivity index (χ4n) is 5.10. The van der Waals surface area contributed by atoms with E-state index in [4.69, 9.17) is 4.52 Å². The van der Waals surface area contributed by atoms with E-state index in [2.05, 4.69) is 20.6 Å². The minimum Gasteiger partial charge on any atom is -0.360 e. The maximum absolute atomic E-state index is 13.6. The van der Waals surface area contributed by atoms with Gasteiger partial charge in [-0.1, -0.05) is 12.1 Å². The largest absolute Gasteiger partial charge is 0.360 e. The van der Waals surface area contributed by atoms with Crippen molar-refractivity contribution in [3.63, 3.8) is 0 Å². The first-order chi connectivity index (χ1) is 17.9. The van der Waals surface area contributed by atoms with Crippen LogP contribution >= 0.6 is 11.3 Å². The number of nitrogens with one attached hydrogen (secondary N) is 1. The van der Waals surface area contributed by atoms with E-state index in [1.807, 2.05) is 19.2 Å². The second kappa shape index (κ2) is 9.11. The molecule has 1 N–H and O–H groups in total. The number of aromatic nitrogens is 5. The van der Waals surface area contributed by atoms with E-state index in [1.54, 1.807) is 49.8 Å². The van der Waals surface area contributed by atoms with E-state index in [-0.39, 0.29) is 11.1 Å². The minimum atomic E-state index is -0.193. The number of pyridine rings is 2. The normalized spacial score (nSPS) is 13.2. The molecule has 0 atom stereocenters.